The van der Waals surface area contributed by atoms with E-state index in [9.17, 15) is 8.78 Å². The van der Waals surface area contributed by atoms with Gasteiger partial charge in [0.2, 0.25) is 0 Å². The second kappa shape index (κ2) is 39.4. The molecule has 6 aromatic rings. The first-order valence-electron chi connectivity index (χ1n) is 26.2. The number of rotatable bonds is 6. The van der Waals surface area contributed by atoms with Crippen LogP contribution in [0.2, 0.25) is 0 Å². The lowest BCUT2D eigenvalue weighted by atomic mass is 9.97. The Morgan fingerprint density at radius 1 is 0.353 bits per heavy atom. The summed E-state index contributed by atoms with van der Waals surface area (Å²) >= 11 is 0. The van der Waals surface area contributed by atoms with Crippen LogP contribution < -0.4 is 0 Å². The molecule has 0 amide bonds. The summed E-state index contributed by atoms with van der Waals surface area (Å²) in [6.45, 7) is 50.4. The third kappa shape index (κ3) is 24.7. The van der Waals surface area contributed by atoms with Crippen molar-refractivity contribution in [3.63, 3.8) is 0 Å². The van der Waals surface area contributed by atoms with E-state index in [1.165, 1.54) is 68.2 Å². The van der Waals surface area contributed by atoms with Gasteiger partial charge in [-0.05, 0) is 76.5 Å². The summed E-state index contributed by atoms with van der Waals surface area (Å²) in [5.74, 6) is 1.47. The molecule has 0 aliphatic heterocycles. The van der Waals surface area contributed by atoms with Crippen LogP contribution in [-0.2, 0) is 0 Å². The largest absolute Gasteiger partial charge is 0.240 e. The van der Waals surface area contributed by atoms with Crippen molar-refractivity contribution in [3.05, 3.63) is 107 Å². The molecule has 0 bridgehead atoms. The molecule has 384 valence electrons. The first-order chi connectivity index (χ1) is 32.1. The molecule has 0 aliphatic rings. The number of halogens is 2. The van der Waals surface area contributed by atoms with Crippen molar-refractivity contribution in [1.82, 2.24) is 29.9 Å². The van der Waals surface area contributed by atoms with E-state index in [1.807, 2.05) is 59.7 Å². The molecule has 0 aliphatic carbocycles. The summed E-state index contributed by atoms with van der Waals surface area (Å²) in [4.78, 5) is 25.5. The molecule has 0 saturated carbocycles. The maximum absolute atomic E-state index is 14.5. The molecule has 3 heterocycles. The van der Waals surface area contributed by atoms with Gasteiger partial charge in [0.25, 0.3) is 0 Å². The molecule has 0 spiro atoms. The van der Waals surface area contributed by atoms with Gasteiger partial charge in [-0.3, -0.25) is 0 Å². The molecule has 68 heavy (non-hydrogen) atoms. The highest BCUT2D eigenvalue weighted by atomic mass is 19.1. The van der Waals surface area contributed by atoms with E-state index in [1.54, 1.807) is 6.33 Å². The minimum absolute atomic E-state index is 0.165. The van der Waals surface area contributed by atoms with Crippen LogP contribution in [0.4, 0.5) is 8.78 Å². The Kier molecular flexibility index (Phi) is 39.3. The fraction of sp³-hybridized carbons (Fsp3) is 0.600. The van der Waals surface area contributed by atoms with Gasteiger partial charge in [-0.25, -0.2) is 38.7 Å². The molecule has 3 aromatic carbocycles. The van der Waals surface area contributed by atoms with Crippen molar-refractivity contribution >= 4 is 32.7 Å². The van der Waals surface area contributed by atoms with Gasteiger partial charge in [-0.2, -0.15) is 0 Å². The SMILES string of the molecule is CC(C)c1cc2c(C(C)C)ncnc2cc1F.CC(C)c1ccc2ncnc(C(C)C)c2c1.CC(C)c1ccc2ncnc(C(C)C)c2c1F.CCC.CCC.CCC.CCC.CCC.CCC. The summed E-state index contributed by atoms with van der Waals surface area (Å²) in [6.07, 6.45) is 12.2. The number of hydrogen-bond donors (Lipinski definition) is 0. The molecule has 0 saturated heterocycles. The second-order valence-electron chi connectivity index (χ2n) is 19.0. The Morgan fingerprint density at radius 3 is 1.09 bits per heavy atom. The van der Waals surface area contributed by atoms with E-state index in [4.69, 9.17) is 0 Å². The third-order valence-electron chi connectivity index (χ3n) is 8.83. The third-order valence-corrected chi connectivity index (χ3v) is 8.83. The van der Waals surface area contributed by atoms with Gasteiger partial charge < -0.3 is 0 Å². The van der Waals surface area contributed by atoms with Crippen molar-refractivity contribution < 1.29 is 8.78 Å². The number of hydrogen-bond acceptors (Lipinski definition) is 6. The summed E-state index contributed by atoms with van der Waals surface area (Å²) in [5, 5.41) is 2.74. The van der Waals surface area contributed by atoms with Gasteiger partial charge in [0.05, 0.1) is 39.0 Å². The van der Waals surface area contributed by atoms with Crippen LogP contribution in [0, 0.1) is 11.6 Å². The van der Waals surface area contributed by atoms with Gasteiger partial charge in [0.1, 0.15) is 30.6 Å². The fourth-order valence-electron chi connectivity index (χ4n) is 5.96. The molecule has 0 unspecified atom stereocenters. The van der Waals surface area contributed by atoms with Crippen LogP contribution in [0.5, 0.6) is 0 Å². The zero-order valence-electron chi connectivity index (χ0n) is 47.9. The van der Waals surface area contributed by atoms with E-state index >= 15 is 0 Å². The molecular weight excluding hydrogens is 843 g/mol. The van der Waals surface area contributed by atoms with Gasteiger partial charge >= 0.3 is 0 Å². The van der Waals surface area contributed by atoms with Crippen LogP contribution in [0.25, 0.3) is 32.7 Å². The van der Waals surface area contributed by atoms with Gasteiger partial charge in [0.15, 0.2) is 0 Å². The van der Waals surface area contributed by atoms with Crippen molar-refractivity contribution in [2.45, 2.75) is 240 Å². The maximum atomic E-state index is 14.5. The lowest BCUT2D eigenvalue weighted by Crippen LogP contribution is -2.01. The molecule has 6 nitrogen and oxygen atoms in total. The normalized spacial score (nSPS) is 10.2. The smallest absolute Gasteiger partial charge is 0.137 e. The Morgan fingerprint density at radius 2 is 0.706 bits per heavy atom. The van der Waals surface area contributed by atoms with Crippen LogP contribution in [0.1, 0.15) is 274 Å². The van der Waals surface area contributed by atoms with Crippen molar-refractivity contribution in [3.8, 4) is 0 Å². The van der Waals surface area contributed by atoms with Crippen LogP contribution >= 0.6 is 0 Å². The predicted octanol–water partition coefficient (Wildman–Crippen LogP) is 20.4. The molecule has 0 N–H and O–H groups in total. The van der Waals surface area contributed by atoms with Crippen molar-refractivity contribution in [2.24, 2.45) is 0 Å². The standard InChI is InChI=1S/2C14H17FN2.C14H18N2.6C3H8/c1-8(2)10-5-11-13(6-12(10)15)16-7-17-14(11)9(3)4;1-8(2)10-5-6-11-12(13(10)15)14(9(3)4)17-7-16-11;1-9(2)11-5-6-13-12(7-11)14(10(3)4)16-8-15-13;6*1-3-2/h2*5-9H,1-4H3;5-10H,1-4H3;6*3H2,1-2H3. The number of benzene rings is 3. The molecule has 8 heteroatoms. The van der Waals surface area contributed by atoms with Gasteiger partial charge in [-0.1, -0.05) is 217 Å². The highest BCUT2D eigenvalue weighted by Gasteiger charge is 2.17. The maximum Gasteiger partial charge on any atom is 0.137 e. The van der Waals surface area contributed by atoms with Crippen molar-refractivity contribution in [2.75, 3.05) is 0 Å². The fourth-order valence-corrected chi connectivity index (χ4v) is 5.96. The number of fused-ring (bicyclic) bond motifs is 3. The average Bonchev–Trinajstić information content (AvgIpc) is 3.27. The van der Waals surface area contributed by atoms with Crippen LogP contribution in [0.3, 0.4) is 0 Å². The lowest BCUT2D eigenvalue weighted by molar-refractivity contribution is 0.600. The Hall–Kier alpha value is -4.46. The molecule has 0 radical (unpaired) electrons. The molecular formula is C60H100F2N6. The van der Waals surface area contributed by atoms with E-state index in [0.717, 1.165) is 39.1 Å². The summed E-state index contributed by atoms with van der Waals surface area (Å²) in [6, 6.07) is 13.6. The second-order valence-corrected chi connectivity index (χ2v) is 19.0. The highest BCUT2D eigenvalue weighted by molar-refractivity contribution is 5.84. The van der Waals surface area contributed by atoms with Crippen molar-refractivity contribution in [1.29, 1.82) is 0 Å². The zero-order chi connectivity index (χ0) is 53.1. The monoisotopic (exact) mass is 943 g/mol. The van der Waals surface area contributed by atoms with E-state index in [0.29, 0.717) is 34.2 Å². The van der Waals surface area contributed by atoms with Crippen LogP contribution in [-0.4, -0.2) is 29.9 Å². The summed E-state index contributed by atoms with van der Waals surface area (Å²) < 4.78 is 28.3. The average molecular weight is 943 g/mol. The lowest BCUT2D eigenvalue weighted by Gasteiger charge is -2.13. The predicted molar refractivity (Wildman–Crippen MR) is 299 cm³/mol. The van der Waals surface area contributed by atoms with Crippen LogP contribution in [0.15, 0.2) is 61.4 Å². The first-order valence-corrected chi connectivity index (χ1v) is 26.2. The molecule has 0 fully saturated rings. The molecule has 6 rings (SSSR count). The highest BCUT2D eigenvalue weighted by Crippen LogP contribution is 2.31. The topological polar surface area (TPSA) is 77.3 Å². The molecule has 0 atom stereocenters. The molecule has 3 aromatic heterocycles. The number of nitrogens with zero attached hydrogens (tertiary/aromatic N) is 6. The minimum Gasteiger partial charge on any atom is -0.240 e. The number of aromatic nitrogens is 6. The van der Waals surface area contributed by atoms with E-state index in [-0.39, 0.29) is 29.4 Å². The quantitative estimate of drug-likeness (QED) is 0.166. The summed E-state index contributed by atoms with van der Waals surface area (Å²) in [5.41, 5.74) is 8.14. The summed E-state index contributed by atoms with van der Waals surface area (Å²) in [7, 11) is 0. The van der Waals surface area contributed by atoms with E-state index < -0.39 is 0 Å². The Balaban J connectivity index is -0.000000791. The minimum atomic E-state index is -0.180. The Labute approximate surface area is 416 Å². The van der Waals surface area contributed by atoms with Gasteiger partial charge in [-0.15, -0.1) is 0 Å². The first kappa shape index (κ1) is 67.8. The Bertz CT molecular complexity index is 2150. The zero-order valence-corrected chi connectivity index (χ0v) is 47.9. The van der Waals surface area contributed by atoms with Gasteiger partial charge in [0, 0.05) is 16.8 Å². The van der Waals surface area contributed by atoms with E-state index in [2.05, 4.69) is 173 Å².